The third-order valence-electron chi connectivity index (χ3n) is 1.81. The first kappa shape index (κ1) is 10.9. The van der Waals surface area contributed by atoms with Crippen molar-refractivity contribution in [1.82, 2.24) is 4.98 Å². The van der Waals surface area contributed by atoms with Crippen LogP contribution >= 0.6 is 15.9 Å². The van der Waals surface area contributed by atoms with Crippen LogP contribution in [0, 0.1) is 5.82 Å². The number of hydrogen-bond donors (Lipinski definition) is 1. The predicted molar refractivity (Wildman–Crippen MR) is 62.8 cm³/mol. The molecule has 1 aromatic carbocycles. The molecule has 0 aliphatic heterocycles. The summed E-state index contributed by atoms with van der Waals surface area (Å²) in [6, 6.07) is 5.91. The van der Waals surface area contributed by atoms with Gasteiger partial charge in [-0.1, -0.05) is 15.9 Å². The van der Waals surface area contributed by atoms with Crippen molar-refractivity contribution < 1.29 is 9.13 Å². The van der Waals surface area contributed by atoms with Gasteiger partial charge in [0.15, 0.2) is 0 Å². The summed E-state index contributed by atoms with van der Waals surface area (Å²) < 4.78 is 19.1. The Balaban J connectivity index is 2.27. The first-order valence-corrected chi connectivity index (χ1v) is 5.27. The molecule has 2 N–H and O–H groups in total. The lowest BCUT2D eigenvalue weighted by atomic mass is 10.3. The van der Waals surface area contributed by atoms with Gasteiger partial charge in [-0.15, -0.1) is 0 Å². The Labute approximate surface area is 100 Å². The van der Waals surface area contributed by atoms with E-state index in [1.165, 1.54) is 24.5 Å². The van der Waals surface area contributed by atoms with Crippen molar-refractivity contribution in [2.24, 2.45) is 0 Å². The monoisotopic (exact) mass is 282 g/mol. The van der Waals surface area contributed by atoms with Crippen LogP contribution in [0.25, 0.3) is 0 Å². The molecule has 0 saturated heterocycles. The van der Waals surface area contributed by atoms with E-state index in [1.807, 2.05) is 0 Å². The number of anilines is 1. The summed E-state index contributed by atoms with van der Waals surface area (Å²) >= 11 is 3.18. The highest BCUT2D eigenvalue weighted by Gasteiger charge is 2.02. The van der Waals surface area contributed by atoms with Crippen molar-refractivity contribution in [1.29, 1.82) is 0 Å². The van der Waals surface area contributed by atoms with Crippen molar-refractivity contribution >= 4 is 21.6 Å². The summed E-state index contributed by atoms with van der Waals surface area (Å²) in [6.45, 7) is 0. The Morgan fingerprint density at radius 2 is 1.94 bits per heavy atom. The maximum atomic E-state index is 13.1. The standard InChI is InChI=1S/C11H8BrFN2O/c12-7-1-8(13)3-10(2-7)16-11-4-9(14)5-15-6-11/h1-6H,14H2. The lowest BCUT2D eigenvalue weighted by Gasteiger charge is -2.06. The van der Waals surface area contributed by atoms with Gasteiger partial charge in [0.1, 0.15) is 17.3 Å². The molecule has 0 radical (unpaired) electrons. The van der Waals surface area contributed by atoms with Gasteiger partial charge >= 0.3 is 0 Å². The Hall–Kier alpha value is -1.62. The summed E-state index contributed by atoms with van der Waals surface area (Å²) in [5.41, 5.74) is 6.04. The molecule has 5 heteroatoms. The molecule has 3 nitrogen and oxygen atoms in total. The number of hydrogen-bond acceptors (Lipinski definition) is 3. The predicted octanol–water partition coefficient (Wildman–Crippen LogP) is 3.36. The number of halogens is 2. The fourth-order valence-corrected chi connectivity index (χ4v) is 1.66. The zero-order chi connectivity index (χ0) is 11.5. The lowest BCUT2D eigenvalue weighted by Crippen LogP contribution is -1.90. The molecule has 2 aromatic rings. The van der Waals surface area contributed by atoms with E-state index in [9.17, 15) is 4.39 Å². The van der Waals surface area contributed by atoms with Crippen molar-refractivity contribution in [2.75, 3.05) is 5.73 Å². The number of ether oxygens (including phenoxy) is 1. The fraction of sp³-hybridized carbons (Fsp3) is 0. The van der Waals surface area contributed by atoms with E-state index >= 15 is 0 Å². The average Bonchev–Trinajstić information content (AvgIpc) is 2.15. The van der Waals surface area contributed by atoms with E-state index in [4.69, 9.17) is 10.5 Å². The van der Waals surface area contributed by atoms with Crippen molar-refractivity contribution in [3.05, 3.63) is 46.9 Å². The van der Waals surface area contributed by atoms with Gasteiger partial charge in [-0.2, -0.15) is 0 Å². The van der Waals surface area contributed by atoms with E-state index in [1.54, 1.807) is 12.1 Å². The fourth-order valence-electron chi connectivity index (χ4n) is 1.21. The number of nitrogen functional groups attached to an aromatic ring is 1. The maximum absolute atomic E-state index is 13.1. The van der Waals surface area contributed by atoms with Crippen LogP contribution in [0.2, 0.25) is 0 Å². The molecule has 16 heavy (non-hydrogen) atoms. The van der Waals surface area contributed by atoms with Crippen LogP contribution < -0.4 is 10.5 Å². The third-order valence-corrected chi connectivity index (χ3v) is 2.26. The SMILES string of the molecule is Nc1cncc(Oc2cc(F)cc(Br)c2)c1. The molecule has 0 atom stereocenters. The molecule has 0 saturated carbocycles. The number of nitrogens with two attached hydrogens (primary N) is 1. The van der Waals surface area contributed by atoms with Gasteiger partial charge in [0.25, 0.3) is 0 Å². The molecule has 0 fully saturated rings. The minimum atomic E-state index is -0.374. The second-order valence-electron chi connectivity index (χ2n) is 3.16. The second kappa shape index (κ2) is 4.49. The average molecular weight is 283 g/mol. The van der Waals surface area contributed by atoms with Crippen LogP contribution in [-0.4, -0.2) is 4.98 Å². The second-order valence-corrected chi connectivity index (χ2v) is 4.08. The van der Waals surface area contributed by atoms with E-state index in [0.717, 1.165) is 0 Å². The Morgan fingerprint density at radius 1 is 1.12 bits per heavy atom. The van der Waals surface area contributed by atoms with E-state index in [2.05, 4.69) is 20.9 Å². The van der Waals surface area contributed by atoms with E-state index < -0.39 is 0 Å². The molecule has 0 spiro atoms. The summed E-state index contributed by atoms with van der Waals surface area (Å²) in [5, 5.41) is 0. The van der Waals surface area contributed by atoms with Crippen LogP contribution in [0.1, 0.15) is 0 Å². The van der Waals surface area contributed by atoms with Gasteiger partial charge in [0, 0.05) is 16.6 Å². The van der Waals surface area contributed by atoms with Gasteiger partial charge < -0.3 is 10.5 Å². The summed E-state index contributed by atoms with van der Waals surface area (Å²) in [5.74, 6) is 0.484. The van der Waals surface area contributed by atoms with Crippen molar-refractivity contribution in [2.45, 2.75) is 0 Å². The summed E-state index contributed by atoms with van der Waals surface area (Å²) in [6.07, 6.45) is 3.02. The van der Waals surface area contributed by atoms with E-state index in [-0.39, 0.29) is 5.82 Å². The first-order valence-electron chi connectivity index (χ1n) is 4.48. The van der Waals surface area contributed by atoms with Crippen molar-refractivity contribution in [3.63, 3.8) is 0 Å². The first-order chi connectivity index (χ1) is 7.63. The highest BCUT2D eigenvalue weighted by molar-refractivity contribution is 9.10. The summed E-state index contributed by atoms with van der Waals surface area (Å²) in [4.78, 5) is 3.87. The number of benzene rings is 1. The Bertz CT molecular complexity index is 499. The number of pyridine rings is 1. The highest BCUT2D eigenvalue weighted by atomic mass is 79.9. The molecule has 0 aliphatic carbocycles. The highest BCUT2D eigenvalue weighted by Crippen LogP contribution is 2.26. The minimum absolute atomic E-state index is 0.374. The van der Waals surface area contributed by atoms with E-state index in [0.29, 0.717) is 21.7 Å². The van der Waals surface area contributed by atoms with Crippen LogP contribution in [0.4, 0.5) is 10.1 Å². The quantitative estimate of drug-likeness (QED) is 0.919. The largest absolute Gasteiger partial charge is 0.456 e. The molecular weight excluding hydrogens is 275 g/mol. The molecule has 0 aliphatic rings. The molecule has 0 amide bonds. The van der Waals surface area contributed by atoms with Crippen molar-refractivity contribution in [3.8, 4) is 11.5 Å². The normalized spacial score (nSPS) is 10.1. The third kappa shape index (κ3) is 2.70. The molecule has 1 aromatic heterocycles. The van der Waals surface area contributed by atoms with Crippen LogP contribution in [0.5, 0.6) is 11.5 Å². The number of rotatable bonds is 2. The molecule has 1 heterocycles. The summed E-state index contributed by atoms with van der Waals surface area (Å²) in [7, 11) is 0. The van der Waals surface area contributed by atoms with Crippen LogP contribution in [-0.2, 0) is 0 Å². The number of aromatic nitrogens is 1. The number of nitrogens with zero attached hydrogens (tertiary/aromatic N) is 1. The van der Waals surface area contributed by atoms with Gasteiger partial charge in [-0.05, 0) is 12.1 Å². The molecule has 2 rings (SSSR count). The van der Waals surface area contributed by atoms with Crippen LogP contribution in [0.15, 0.2) is 41.1 Å². The zero-order valence-electron chi connectivity index (χ0n) is 8.15. The Kier molecular flexibility index (Phi) is 3.05. The smallest absolute Gasteiger partial charge is 0.147 e. The van der Waals surface area contributed by atoms with Gasteiger partial charge in [0.05, 0.1) is 18.1 Å². The van der Waals surface area contributed by atoms with Gasteiger partial charge in [0.2, 0.25) is 0 Å². The topological polar surface area (TPSA) is 48.1 Å². The molecular formula is C11H8BrFN2O. The van der Waals surface area contributed by atoms with Gasteiger partial charge in [-0.3, -0.25) is 4.98 Å². The Morgan fingerprint density at radius 3 is 2.62 bits per heavy atom. The lowest BCUT2D eigenvalue weighted by molar-refractivity contribution is 0.474. The molecule has 0 unspecified atom stereocenters. The maximum Gasteiger partial charge on any atom is 0.147 e. The molecule has 0 bridgehead atoms. The van der Waals surface area contributed by atoms with Gasteiger partial charge in [-0.25, -0.2) is 4.39 Å². The minimum Gasteiger partial charge on any atom is -0.456 e. The zero-order valence-corrected chi connectivity index (χ0v) is 9.74. The van der Waals surface area contributed by atoms with Crippen LogP contribution in [0.3, 0.4) is 0 Å². The molecule has 82 valence electrons.